The van der Waals surface area contributed by atoms with Crippen LogP contribution >= 0.6 is 11.6 Å². The fourth-order valence-electron chi connectivity index (χ4n) is 1.75. The van der Waals surface area contributed by atoms with Crippen LogP contribution in [-0.4, -0.2) is 18.1 Å². The minimum atomic E-state index is 0.629. The van der Waals surface area contributed by atoms with Crippen molar-refractivity contribution in [2.24, 2.45) is 0 Å². The molecule has 1 aromatic heterocycles. The molecule has 0 aromatic carbocycles. The Labute approximate surface area is 83.5 Å². The first-order chi connectivity index (χ1) is 6.38. The first-order valence-corrected chi connectivity index (χ1v) is 5.11. The Morgan fingerprint density at radius 2 is 2.00 bits per heavy atom. The highest BCUT2D eigenvalue weighted by Gasteiger charge is 2.13. The van der Waals surface area contributed by atoms with Crippen LogP contribution in [0.3, 0.4) is 0 Å². The number of piperidine rings is 1. The molecule has 2 heterocycles. The summed E-state index contributed by atoms with van der Waals surface area (Å²) in [5.41, 5.74) is 1.09. The first-order valence-electron chi connectivity index (χ1n) is 4.73. The van der Waals surface area contributed by atoms with Crippen LogP contribution in [0.4, 0.5) is 5.69 Å². The Hall–Kier alpha value is -0.760. The molecule has 0 amide bonds. The molecule has 13 heavy (non-hydrogen) atoms. The average Bonchev–Trinajstić information content (AvgIpc) is 2.20. The summed E-state index contributed by atoms with van der Waals surface area (Å²) in [5, 5.41) is 0.629. The first kappa shape index (κ1) is 8.82. The maximum Gasteiger partial charge on any atom is 0.152 e. The SMILES string of the molecule is Clc1ncccc1N1CCCCC1. The smallest absolute Gasteiger partial charge is 0.152 e. The average molecular weight is 197 g/mol. The number of pyridine rings is 1. The van der Waals surface area contributed by atoms with Gasteiger partial charge >= 0.3 is 0 Å². The molecule has 0 N–H and O–H groups in total. The fraction of sp³-hybridized carbons (Fsp3) is 0.500. The van der Waals surface area contributed by atoms with E-state index in [0.29, 0.717) is 5.15 Å². The van der Waals surface area contributed by atoms with Gasteiger partial charge in [0.1, 0.15) is 0 Å². The molecular weight excluding hydrogens is 184 g/mol. The largest absolute Gasteiger partial charge is 0.369 e. The standard InChI is InChI=1S/C10H13ClN2/c11-10-9(5-4-6-12-10)13-7-2-1-3-8-13/h4-6H,1-3,7-8H2. The molecule has 70 valence electrons. The van der Waals surface area contributed by atoms with Crippen LogP contribution in [0.2, 0.25) is 5.15 Å². The summed E-state index contributed by atoms with van der Waals surface area (Å²) in [6, 6.07) is 3.98. The lowest BCUT2D eigenvalue weighted by molar-refractivity contribution is 0.577. The molecule has 1 fully saturated rings. The normalized spacial score (nSPS) is 17.5. The van der Waals surface area contributed by atoms with Gasteiger partial charge in [-0.25, -0.2) is 4.98 Å². The van der Waals surface area contributed by atoms with Gasteiger partial charge in [-0.3, -0.25) is 0 Å². The Balaban J connectivity index is 2.18. The van der Waals surface area contributed by atoms with Crippen molar-refractivity contribution in [2.75, 3.05) is 18.0 Å². The molecule has 0 radical (unpaired) electrons. The third-order valence-corrected chi connectivity index (χ3v) is 2.73. The molecule has 2 rings (SSSR count). The molecule has 3 heteroatoms. The van der Waals surface area contributed by atoms with Crippen molar-refractivity contribution in [1.29, 1.82) is 0 Å². The van der Waals surface area contributed by atoms with Crippen molar-refractivity contribution in [3.8, 4) is 0 Å². The molecule has 1 saturated heterocycles. The summed E-state index contributed by atoms with van der Waals surface area (Å²) in [5.74, 6) is 0. The molecule has 1 aliphatic rings. The van der Waals surface area contributed by atoms with Crippen LogP contribution in [0, 0.1) is 0 Å². The number of aromatic nitrogens is 1. The van der Waals surface area contributed by atoms with Gasteiger partial charge in [0.05, 0.1) is 5.69 Å². The Morgan fingerprint density at radius 3 is 2.69 bits per heavy atom. The Morgan fingerprint density at radius 1 is 1.23 bits per heavy atom. The van der Waals surface area contributed by atoms with E-state index in [-0.39, 0.29) is 0 Å². The van der Waals surface area contributed by atoms with E-state index in [2.05, 4.69) is 9.88 Å². The Kier molecular flexibility index (Phi) is 2.69. The lowest BCUT2D eigenvalue weighted by Gasteiger charge is -2.28. The van der Waals surface area contributed by atoms with Crippen molar-refractivity contribution in [2.45, 2.75) is 19.3 Å². The maximum absolute atomic E-state index is 6.00. The third kappa shape index (κ3) is 1.94. The van der Waals surface area contributed by atoms with Gasteiger partial charge < -0.3 is 4.90 Å². The molecule has 0 spiro atoms. The zero-order chi connectivity index (χ0) is 9.10. The van der Waals surface area contributed by atoms with E-state index in [0.717, 1.165) is 18.8 Å². The van der Waals surface area contributed by atoms with E-state index in [1.165, 1.54) is 19.3 Å². The minimum absolute atomic E-state index is 0.629. The van der Waals surface area contributed by atoms with Gasteiger partial charge in [-0.1, -0.05) is 11.6 Å². The second-order valence-electron chi connectivity index (χ2n) is 3.36. The number of anilines is 1. The van der Waals surface area contributed by atoms with Crippen LogP contribution in [0.5, 0.6) is 0 Å². The molecule has 1 aromatic rings. The predicted octanol–water partition coefficient (Wildman–Crippen LogP) is 2.73. The topological polar surface area (TPSA) is 16.1 Å². The Bertz CT molecular complexity index is 282. The van der Waals surface area contributed by atoms with E-state index in [9.17, 15) is 0 Å². The van der Waals surface area contributed by atoms with E-state index in [4.69, 9.17) is 11.6 Å². The number of rotatable bonds is 1. The molecule has 1 aliphatic heterocycles. The minimum Gasteiger partial charge on any atom is -0.369 e. The predicted molar refractivity (Wildman–Crippen MR) is 55.3 cm³/mol. The van der Waals surface area contributed by atoms with Crippen molar-refractivity contribution < 1.29 is 0 Å². The van der Waals surface area contributed by atoms with Gasteiger partial charge in [0.2, 0.25) is 0 Å². The zero-order valence-electron chi connectivity index (χ0n) is 7.54. The quantitative estimate of drug-likeness (QED) is 0.643. The van der Waals surface area contributed by atoms with E-state index in [1.807, 2.05) is 12.1 Å². The van der Waals surface area contributed by atoms with Crippen LogP contribution in [0.25, 0.3) is 0 Å². The molecule has 2 nitrogen and oxygen atoms in total. The van der Waals surface area contributed by atoms with E-state index >= 15 is 0 Å². The van der Waals surface area contributed by atoms with Crippen LogP contribution < -0.4 is 4.90 Å². The third-order valence-electron chi connectivity index (χ3n) is 2.44. The maximum atomic E-state index is 6.00. The van der Waals surface area contributed by atoms with E-state index in [1.54, 1.807) is 6.20 Å². The molecule has 0 bridgehead atoms. The van der Waals surface area contributed by atoms with Crippen molar-refractivity contribution in [3.05, 3.63) is 23.5 Å². The molecular formula is C10H13ClN2. The van der Waals surface area contributed by atoms with Gasteiger partial charge in [-0.05, 0) is 31.4 Å². The van der Waals surface area contributed by atoms with Crippen molar-refractivity contribution >= 4 is 17.3 Å². The molecule has 0 atom stereocenters. The second kappa shape index (κ2) is 3.97. The van der Waals surface area contributed by atoms with E-state index < -0.39 is 0 Å². The summed E-state index contributed by atoms with van der Waals surface area (Å²) < 4.78 is 0. The van der Waals surface area contributed by atoms with Crippen LogP contribution in [0.15, 0.2) is 18.3 Å². The van der Waals surface area contributed by atoms with Crippen LogP contribution in [0.1, 0.15) is 19.3 Å². The monoisotopic (exact) mass is 196 g/mol. The van der Waals surface area contributed by atoms with Gasteiger partial charge in [0.15, 0.2) is 5.15 Å². The second-order valence-corrected chi connectivity index (χ2v) is 3.72. The number of hydrogen-bond acceptors (Lipinski definition) is 2. The summed E-state index contributed by atoms with van der Waals surface area (Å²) in [6.45, 7) is 2.23. The van der Waals surface area contributed by atoms with Gasteiger partial charge in [0.25, 0.3) is 0 Å². The molecule has 0 aliphatic carbocycles. The lowest BCUT2D eigenvalue weighted by Crippen LogP contribution is -2.29. The van der Waals surface area contributed by atoms with Gasteiger partial charge in [-0.15, -0.1) is 0 Å². The van der Waals surface area contributed by atoms with Gasteiger partial charge in [-0.2, -0.15) is 0 Å². The summed E-state index contributed by atoms with van der Waals surface area (Å²) >= 11 is 6.00. The number of halogens is 1. The van der Waals surface area contributed by atoms with Crippen LogP contribution in [-0.2, 0) is 0 Å². The number of hydrogen-bond donors (Lipinski definition) is 0. The molecule has 0 saturated carbocycles. The highest BCUT2D eigenvalue weighted by Crippen LogP contribution is 2.25. The zero-order valence-corrected chi connectivity index (χ0v) is 8.30. The highest BCUT2D eigenvalue weighted by molar-refractivity contribution is 6.32. The summed E-state index contributed by atoms with van der Waals surface area (Å²) in [7, 11) is 0. The lowest BCUT2D eigenvalue weighted by atomic mass is 10.1. The van der Waals surface area contributed by atoms with Crippen molar-refractivity contribution in [3.63, 3.8) is 0 Å². The fourth-order valence-corrected chi connectivity index (χ4v) is 1.99. The summed E-state index contributed by atoms with van der Waals surface area (Å²) in [4.78, 5) is 6.40. The summed E-state index contributed by atoms with van der Waals surface area (Å²) in [6.07, 6.45) is 5.61. The highest BCUT2D eigenvalue weighted by atomic mass is 35.5. The van der Waals surface area contributed by atoms with Crippen molar-refractivity contribution in [1.82, 2.24) is 4.98 Å². The molecule has 0 unspecified atom stereocenters. The number of nitrogens with zero attached hydrogens (tertiary/aromatic N) is 2. The van der Waals surface area contributed by atoms with Gasteiger partial charge in [0, 0.05) is 19.3 Å².